The Labute approximate surface area is 108 Å². The van der Waals surface area contributed by atoms with Gasteiger partial charge in [0.05, 0.1) is 12.2 Å². The topological polar surface area (TPSA) is 73.1 Å². The average molecular weight is 250 g/mol. The van der Waals surface area contributed by atoms with E-state index in [0.717, 1.165) is 12.2 Å². The lowest BCUT2D eigenvalue weighted by Gasteiger charge is -2.22. The fourth-order valence-electron chi connectivity index (χ4n) is 2.43. The number of nitrogens with one attached hydrogen (secondary N) is 1. The van der Waals surface area contributed by atoms with E-state index in [-0.39, 0.29) is 0 Å². The van der Waals surface area contributed by atoms with Crippen molar-refractivity contribution >= 4 is 5.82 Å². The van der Waals surface area contributed by atoms with Crippen molar-refractivity contribution in [2.45, 2.75) is 46.0 Å². The molecule has 18 heavy (non-hydrogen) atoms. The van der Waals surface area contributed by atoms with Gasteiger partial charge in [0.1, 0.15) is 11.6 Å². The van der Waals surface area contributed by atoms with E-state index in [4.69, 9.17) is 10.6 Å². The molecule has 3 N–H and O–H groups in total. The molecule has 1 aromatic rings. The second kappa shape index (κ2) is 6.00. The Balaban J connectivity index is 2.01. The third kappa shape index (κ3) is 3.10. The number of hydrogen-bond acceptors (Lipinski definition) is 5. The molecule has 0 aromatic carbocycles. The van der Waals surface area contributed by atoms with E-state index in [1.807, 2.05) is 13.8 Å². The second-order valence-electron chi connectivity index (χ2n) is 5.01. The minimum absolute atomic E-state index is 0.640. The Morgan fingerprint density at radius 2 is 1.94 bits per heavy atom. The summed E-state index contributed by atoms with van der Waals surface area (Å²) in [5.74, 6) is 8.07. The van der Waals surface area contributed by atoms with E-state index in [1.165, 1.54) is 32.1 Å². The number of nitrogen functional groups attached to an aromatic ring is 1. The fourth-order valence-corrected chi connectivity index (χ4v) is 2.43. The van der Waals surface area contributed by atoms with Crippen LogP contribution in [-0.4, -0.2) is 16.6 Å². The van der Waals surface area contributed by atoms with Crippen molar-refractivity contribution in [1.29, 1.82) is 0 Å². The van der Waals surface area contributed by atoms with Crippen molar-refractivity contribution in [2.75, 3.05) is 12.0 Å². The fraction of sp³-hybridized carbons (Fsp3) is 0.692. The van der Waals surface area contributed by atoms with Crippen LogP contribution in [-0.2, 0) is 0 Å². The number of aromatic nitrogens is 2. The Kier molecular flexibility index (Phi) is 4.36. The van der Waals surface area contributed by atoms with Gasteiger partial charge in [-0.25, -0.2) is 10.8 Å². The number of hydrazine groups is 1. The van der Waals surface area contributed by atoms with Gasteiger partial charge in [-0.1, -0.05) is 19.3 Å². The molecule has 0 unspecified atom stereocenters. The van der Waals surface area contributed by atoms with Crippen LogP contribution in [0.25, 0.3) is 0 Å². The van der Waals surface area contributed by atoms with Crippen LogP contribution in [0.5, 0.6) is 5.88 Å². The molecule has 0 bridgehead atoms. The highest BCUT2D eigenvalue weighted by molar-refractivity contribution is 5.47. The number of nitrogens with two attached hydrogens (primary N) is 1. The minimum Gasteiger partial charge on any atom is -0.477 e. The van der Waals surface area contributed by atoms with Gasteiger partial charge >= 0.3 is 0 Å². The largest absolute Gasteiger partial charge is 0.477 e. The number of anilines is 1. The maximum atomic E-state index is 5.85. The standard InChI is InChI=1S/C13H22N4O/c1-9-12(17-14)15-10(2)16-13(9)18-8-11-6-4-3-5-7-11/h11H,3-8,14H2,1-2H3,(H,15,16,17). The van der Waals surface area contributed by atoms with Crippen molar-refractivity contribution in [3.8, 4) is 5.88 Å². The third-order valence-corrected chi connectivity index (χ3v) is 3.53. The molecule has 5 nitrogen and oxygen atoms in total. The number of nitrogens with zero attached hydrogens (tertiary/aromatic N) is 2. The predicted octanol–water partition coefficient (Wildman–Crippen LogP) is 2.34. The lowest BCUT2D eigenvalue weighted by Crippen LogP contribution is -2.17. The van der Waals surface area contributed by atoms with E-state index >= 15 is 0 Å². The molecule has 1 saturated carbocycles. The molecule has 0 spiro atoms. The van der Waals surface area contributed by atoms with Gasteiger partial charge in [-0.05, 0) is 32.6 Å². The zero-order valence-corrected chi connectivity index (χ0v) is 11.2. The first-order valence-electron chi connectivity index (χ1n) is 6.65. The Hall–Kier alpha value is -1.36. The summed E-state index contributed by atoms with van der Waals surface area (Å²) < 4.78 is 5.85. The summed E-state index contributed by atoms with van der Waals surface area (Å²) in [4.78, 5) is 8.56. The van der Waals surface area contributed by atoms with Crippen molar-refractivity contribution in [2.24, 2.45) is 11.8 Å². The van der Waals surface area contributed by atoms with Gasteiger partial charge < -0.3 is 10.2 Å². The first kappa shape index (κ1) is 13.1. The van der Waals surface area contributed by atoms with Crippen molar-refractivity contribution in [1.82, 2.24) is 9.97 Å². The van der Waals surface area contributed by atoms with Gasteiger partial charge in [0, 0.05) is 0 Å². The Morgan fingerprint density at radius 3 is 2.61 bits per heavy atom. The Morgan fingerprint density at radius 1 is 1.22 bits per heavy atom. The maximum absolute atomic E-state index is 5.85. The normalized spacial score (nSPS) is 16.6. The van der Waals surface area contributed by atoms with Gasteiger partial charge in [0.25, 0.3) is 0 Å². The first-order chi connectivity index (χ1) is 8.70. The van der Waals surface area contributed by atoms with Crippen LogP contribution in [0.1, 0.15) is 43.5 Å². The van der Waals surface area contributed by atoms with Crippen molar-refractivity contribution in [3.63, 3.8) is 0 Å². The summed E-state index contributed by atoms with van der Waals surface area (Å²) in [7, 11) is 0. The number of aryl methyl sites for hydroxylation is 1. The number of rotatable bonds is 4. The highest BCUT2D eigenvalue weighted by Gasteiger charge is 2.16. The molecule has 0 amide bonds. The summed E-state index contributed by atoms with van der Waals surface area (Å²) in [6.07, 6.45) is 6.55. The molecule has 5 heteroatoms. The molecule has 2 rings (SSSR count). The molecule has 1 aromatic heterocycles. The SMILES string of the molecule is Cc1nc(NN)c(C)c(OCC2CCCCC2)n1. The molecule has 1 heterocycles. The molecule has 1 aliphatic carbocycles. The Bertz CT molecular complexity index is 402. The van der Waals surface area contributed by atoms with Crippen LogP contribution in [0.3, 0.4) is 0 Å². The van der Waals surface area contributed by atoms with Crippen LogP contribution in [0.2, 0.25) is 0 Å². The van der Waals surface area contributed by atoms with Crippen molar-refractivity contribution < 1.29 is 4.74 Å². The maximum Gasteiger partial charge on any atom is 0.221 e. The molecule has 0 radical (unpaired) electrons. The zero-order chi connectivity index (χ0) is 13.0. The molecule has 1 fully saturated rings. The van der Waals surface area contributed by atoms with Gasteiger partial charge in [0.2, 0.25) is 5.88 Å². The number of ether oxygens (including phenoxy) is 1. The van der Waals surface area contributed by atoms with E-state index in [0.29, 0.717) is 23.4 Å². The van der Waals surface area contributed by atoms with E-state index in [2.05, 4.69) is 15.4 Å². The average Bonchev–Trinajstić information content (AvgIpc) is 2.40. The van der Waals surface area contributed by atoms with E-state index in [1.54, 1.807) is 0 Å². The molecule has 1 aliphatic rings. The monoisotopic (exact) mass is 250 g/mol. The van der Waals surface area contributed by atoms with Gasteiger partial charge in [-0.15, -0.1) is 0 Å². The molecule has 0 atom stereocenters. The van der Waals surface area contributed by atoms with Crippen molar-refractivity contribution in [3.05, 3.63) is 11.4 Å². The summed E-state index contributed by atoms with van der Waals surface area (Å²) in [6, 6.07) is 0. The van der Waals surface area contributed by atoms with Crippen LogP contribution in [0.4, 0.5) is 5.82 Å². The van der Waals surface area contributed by atoms with E-state index < -0.39 is 0 Å². The third-order valence-electron chi connectivity index (χ3n) is 3.53. The summed E-state index contributed by atoms with van der Waals surface area (Å²) in [5.41, 5.74) is 3.46. The first-order valence-corrected chi connectivity index (χ1v) is 6.65. The van der Waals surface area contributed by atoms with Crippen LogP contribution in [0, 0.1) is 19.8 Å². The molecule has 0 saturated heterocycles. The minimum atomic E-state index is 0.640. The van der Waals surface area contributed by atoms with E-state index in [9.17, 15) is 0 Å². The summed E-state index contributed by atoms with van der Waals surface area (Å²) in [6.45, 7) is 4.51. The summed E-state index contributed by atoms with van der Waals surface area (Å²) >= 11 is 0. The predicted molar refractivity (Wildman–Crippen MR) is 71.4 cm³/mol. The van der Waals surface area contributed by atoms with Crippen LogP contribution >= 0.6 is 0 Å². The van der Waals surface area contributed by atoms with Gasteiger partial charge in [0.15, 0.2) is 0 Å². The molecular weight excluding hydrogens is 228 g/mol. The molecular formula is C13H22N4O. The highest BCUT2D eigenvalue weighted by atomic mass is 16.5. The second-order valence-corrected chi connectivity index (χ2v) is 5.01. The zero-order valence-electron chi connectivity index (χ0n) is 11.2. The lowest BCUT2D eigenvalue weighted by atomic mass is 9.90. The van der Waals surface area contributed by atoms with Gasteiger partial charge in [-0.3, -0.25) is 0 Å². The number of hydrogen-bond donors (Lipinski definition) is 2. The molecule has 0 aliphatic heterocycles. The highest BCUT2D eigenvalue weighted by Crippen LogP contribution is 2.26. The quantitative estimate of drug-likeness (QED) is 0.634. The smallest absolute Gasteiger partial charge is 0.221 e. The molecule has 100 valence electrons. The summed E-state index contributed by atoms with van der Waals surface area (Å²) in [5, 5.41) is 0. The van der Waals surface area contributed by atoms with Gasteiger partial charge in [-0.2, -0.15) is 4.98 Å². The van der Waals surface area contributed by atoms with Crippen LogP contribution in [0.15, 0.2) is 0 Å². The van der Waals surface area contributed by atoms with Crippen LogP contribution < -0.4 is 16.0 Å². The lowest BCUT2D eigenvalue weighted by molar-refractivity contribution is 0.201.